The van der Waals surface area contributed by atoms with Gasteiger partial charge in [0.1, 0.15) is 23.0 Å². The molecule has 0 aliphatic heterocycles. The summed E-state index contributed by atoms with van der Waals surface area (Å²) < 4.78 is 50.9. The van der Waals surface area contributed by atoms with Crippen molar-refractivity contribution in [2.75, 3.05) is 76.1 Å². The molecule has 0 saturated heterocycles. The first-order valence-electron chi connectivity index (χ1n) is 48.4. The van der Waals surface area contributed by atoms with Crippen molar-refractivity contribution in [3.8, 4) is 23.0 Å². The summed E-state index contributed by atoms with van der Waals surface area (Å²) in [6.45, 7) is 9.94. The van der Waals surface area contributed by atoms with Crippen LogP contribution in [-0.4, -0.2) is 103 Å². The van der Waals surface area contributed by atoms with Crippen molar-refractivity contribution in [1.29, 1.82) is 0 Å². The SMILES string of the molecule is CCCCCCCCCCOc1c2cc(NC(=O)NC(C(=O)OC)c3ccccc3)cc1Cc1cc(NC(=O)NC(C(=O)OC)c3ccccc3)cc(c1OCCCCCCCCCC)Cc1cc(NC(=O)NC(C(=O)OC)c3ccccc3)cc(c1OCCCCCCCCCC)Cc1cc(NC(=O)NC(C(=O)OC)c3ccccc3)cc(c1OCCCCCCCCCC)C2. The summed E-state index contributed by atoms with van der Waals surface area (Å²) in [5.41, 5.74) is 7.67. The van der Waals surface area contributed by atoms with E-state index in [1.165, 1.54) is 54.1 Å². The second-order valence-corrected chi connectivity index (χ2v) is 34.4. The van der Waals surface area contributed by atoms with Crippen molar-refractivity contribution in [2.45, 2.75) is 283 Å². The molecule has 8 bridgehead atoms. The van der Waals surface area contributed by atoms with E-state index in [1.807, 2.05) is 72.8 Å². The number of fused-ring (bicyclic) bond motifs is 8. The average Bonchev–Trinajstić information content (AvgIpc) is 0.771. The minimum atomic E-state index is -1.23. The Morgan fingerprint density at radius 2 is 0.394 bits per heavy atom. The van der Waals surface area contributed by atoms with Gasteiger partial charge in [-0.1, -0.05) is 329 Å². The van der Waals surface area contributed by atoms with Crippen molar-refractivity contribution < 1.29 is 76.3 Å². The zero-order chi connectivity index (χ0) is 93.9. The molecule has 4 atom stereocenters. The van der Waals surface area contributed by atoms with E-state index in [9.17, 15) is 19.2 Å². The van der Waals surface area contributed by atoms with E-state index in [1.54, 1.807) is 97.1 Å². The molecule has 8 amide bonds. The monoisotopic (exact) mass is 1810 g/mol. The molecular formula is C108H144N8O16. The molecule has 0 spiro atoms. The first-order chi connectivity index (χ1) is 64.5. The molecule has 0 fully saturated rings. The van der Waals surface area contributed by atoms with Crippen molar-refractivity contribution in [3.63, 3.8) is 0 Å². The first-order valence-corrected chi connectivity index (χ1v) is 48.4. The number of anilines is 4. The highest BCUT2D eigenvalue weighted by atomic mass is 16.5. The Labute approximate surface area is 782 Å². The number of esters is 4. The lowest BCUT2D eigenvalue weighted by molar-refractivity contribution is -0.143. The molecule has 4 unspecified atom stereocenters. The molecule has 712 valence electrons. The van der Waals surface area contributed by atoms with Gasteiger partial charge in [-0.25, -0.2) is 38.4 Å². The molecule has 0 radical (unpaired) electrons. The van der Waals surface area contributed by atoms with Crippen LogP contribution in [0.2, 0.25) is 0 Å². The lowest BCUT2D eigenvalue weighted by Gasteiger charge is -2.25. The third-order valence-electron chi connectivity index (χ3n) is 23.9. The molecule has 24 nitrogen and oxygen atoms in total. The number of rotatable bonds is 56. The quantitative estimate of drug-likeness (QED) is 0.00998. The molecule has 1 aliphatic carbocycles. The topological polar surface area (TPSA) is 307 Å². The second kappa shape index (κ2) is 58.6. The Morgan fingerprint density at radius 1 is 0.235 bits per heavy atom. The van der Waals surface area contributed by atoms with E-state index in [2.05, 4.69) is 70.2 Å². The molecule has 0 heterocycles. The lowest BCUT2D eigenvalue weighted by Crippen LogP contribution is -2.37. The predicted octanol–water partition coefficient (Wildman–Crippen LogP) is 24.6. The van der Waals surface area contributed by atoms with Gasteiger partial charge in [-0.2, -0.15) is 0 Å². The van der Waals surface area contributed by atoms with Crippen molar-refractivity contribution in [3.05, 3.63) is 237 Å². The summed E-state index contributed by atoms with van der Waals surface area (Å²) in [6.07, 6.45) is 32.9. The van der Waals surface area contributed by atoms with Gasteiger partial charge < -0.3 is 80.4 Å². The van der Waals surface area contributed by atoms with Crippen LogP contribution < -0.4 is 61.5 Å². The number of ether oxygens (including phenoxy) is 8. The van der Waals surface area contributed by atoms with E-state index < -0.39 is 72.2 Å². The molecule has 8 N–H and O–H groups in total. The van der Waals surface area contributed by atoms with Crippen LogP contribution in [0.5, 0.6) is 23.0 Å². The van der Waals surface area contributed by atoms with Gasteiger partial charge in [-0.3, -0.25) is 0 Å². The number of benzene rings is 8. The van der Waals surface area contributed by atoms with E-state index in [4.69, 9.17) is 37.9 Å². The van der Waals surface area contributed by atoms with Gasteiger partial charge in [0, 0.05) is 92.9 Å². The van der Waals surface area contributed by atoms with E-state index in [-0.39, 0.29) is 52.1 Å². The molecular weight excluding hydrogens is 1670 g/mol. The van der Waals surface area contributed by atoms with E-state index >= 15 is 19.2 Å². The van der Waals surface area contributed by atoms with Crippen LogP contribution in [0.25, 0.3) is 0 Å². The van der Waals surface area contributed by atoms with Crippen LogP contribution in [0, 0.1) is 0 Å². The Bertz CT molecular complexity index is 4170. The lowest BCUT2D eigenvalue weighted by atomic mass is 9.90. The van der Waals surface area contributed by atoms with Gasteiger partial charge in [-0.15, -0.1) is 0 Å². The second-order valence-electron chi connectivity index (χ2n) is 34.4. The first kappa shape index (κ1) is 104. The predicted molar refractivity (Wildman–Crippen MR) is 523 cm³/mol. The minimum Gasteiger partial charge on any atom is -0.493 e. The highest BCUT2D eigenvalue weighted by molar-refractivity contribution is 5.97. The molecule has 24 heteroatoms. The number of methoxy groups -OCH3 is 4. The number of hydrogen-bond donors (Lipinski definition) is 8. The maximum absolute atomic E-state index is 15.2. The van der Waals surface area contributed by atoms with Gasteiger partial charge in [0.25, 0.3) is 0 Å². The van der Waals surface area contributed by atoms with Gasteiger partial charge in [0.2, 0.25) is 0 Å². The minimum absolute atomic E-state index is 0.00654. The Kier molecular flexibility index (Phi) is 46.0. The summed E-state index contributed by atoms with van der Waals surface area (Å²) in [5, 5.41) is 24.2. The highest BCUT2D eigenvalue weighted by Crippen LogP contribution is 2.44. The smallest absolute Gasteiger partial charge is 0.333 e. The summed E-state index contributed by atoms with van der Waals surface area (Å²) in [5.74, 6) is -0.935. The van der Waals surface area contributed by atoms with Gasteiger partial charge >= 0.3 is 48.0 Å². The molecule has 8 aromatic rings. The molecule has 132 heavy (non-hydrogen) atoms. The van der Waals surface area contributed by atoms with Gasteiger partial charge in [0.05, 0.1) is 54.9 Å². The highest BCUT2D eigenvalue weighted by Gasteiger charge is 2.32. The summed E-state index contributed by atoms with van der Waals surface area (Å²) in [4.78, 5) is 116. The van der Waals surface area contributed by atoms with Crippen LogP contribution in [0.15, 0.2) is 170 Å². The number of unbranched alkanes of at least 4 members (excludes halogenated alkanes) is 28. The van der Waals surface area contributed by atoms with Crippen LogP contribution >= 0.6 is 0 Å². The molecule has 0 saturated carbocycles. The van der Waals surface area contributed by atoms with E-state index in [0.717, 1.165) is 154 Å². The molecule has 0 aromatic heterocycles. The largest absolute Gasteiger partial charge is 0.493 e. The summed E-state index contributed by atoms with van der Waals surface area (Å²) in [6, 6.07) is 42.2. The van der Waals surface area contributed by atoms with E-state index in [0.29, 0.717) is 138 Å². The number of amides is 8. The summed E-state index contributed by atoms with van der Waals surface area (Å²) >= 11 is 0. The number of nitrogens with one attached hydrogen (secondary N) is 8. The maximum atomic E-state index is 15.2. The molecule has 9 rings (SSSR count). The zero-order valence-corrected chi connectivity index (χ0v) is 79.3. The van der Waals surface area contributed by atoms with Crippen LogP contribution in [0.3, 0.4) is 0 Å². The number of carbonyl (C=O) groups excluding carboxylic acids is 8. The number of carbonyl (C=O) groups is 8. The van der Waals surface area contributed by atoms with Crippen LogP contribution in [-0.2, 0) is 63.8 Å². The fourth-order valence-electron chi connectivity index (χ4n) is 16.9. The van der Waals surface area contributed by atoms with Crippen molar-refractivity contribution >= 4 is 70.8 Å². The van der Waals surface area contributed by atoms with Crippen LogP contribution in [0.1, 0.15) is 324 Å². The summed E-state index contributed by atoms with van der Waals surface area (Å²) in [7, 11) is 5.06. The fourth-order valence-corrected chi connectivity index (χ4v) is 16.9. The number of urea groups is 4. The third kappa shape index (κ3) is 34.6. The number of hydrogen-bond acceptors (Lipinski definition) is 16. The van der Waals surface area contributed by atoms with Crippen molar-refractivity contribution in [2.24, 2.45) is 0 Å². The Morgan fingerprint density at radius 3 is 0.553 bits per heavy atom. The fraction of sp³-hybridized carbons (Fsp3) is 0.481. The zero-order valence-electron chi connectivity index (χ0n) is 79.3. The molecule has 8 aromatic carbocycles. The third-order valence-corrected chi connectivity index (χ3v) is 23.9. The molecule has 1 aliphatic rings. The maximum Gasteiger partial charge on any atom is 0.333 e. The normalized spacial score (nSPS) is 12.4. The van der Waals surface area contributed by atoms with Gasteiger partial charge in [0.15, 0.2) is 24.2 Å². The van der Waals surface area contributed by atoms with Gasteiger partial charge in [-0.05, 0) is 96.5 Å². The van der Waals surface area contributed by atoms with Crippen molar-refractivity contribution in [1.82, 2.24) is 21.3 Å². The Balaban J connectivity index is 1.37. The average molecular weight is 1810 g/mol. The Hall–Kier alpha value is -12.1. The van der Waals surface area contributed by atoms with Crippen LogP contribution in [0.4, 0.5) is 41.9 Å². The standard InChI is InChI=1S/C108H144N8O16/c1-9-13-17-21-25-29-33-49-61-129-97-81-65-83-71-90(110-106(122)114-94(102(118)126-6)78-55-43-38-44-56-78)73-85(98(83)130-62-50-34-30-26-22-18-14-10-2)67-87-75-92(112-108(124)116-96(104(120)128-8)80-59-47-40-48-60-80)76-88(100(87)132-64-52-36-32-28-24-20-16-12-4)68-86-74-91(111-107(123)115-95(103(119)127-7)79-57-45-39-46-58-79)72-84(99(86)131-63-51-35-31-27-23-19-15-11-3)66-82(97)70-89(69-81)109-105(121)113-93(101(117)125-5)77-53-41-37-42-54-77/h37-48,53-60,69-76,93-96H,9-36,49-52,61-68H2,1-8H3,(H2,109,113,121)(H2,110,114,122)(H2,111,115,123)(H2,112,116,124).